The van der Waals surface area contributed by atoms with Crippen LogP contribution in [0.4, 0.5) is 5.69 Å². The fourth-order valence-electron chi connectivity index (χ4n) is 2.38. The number of rotatable bonds is 5. The maximum absolute atomic E-state index is 12.6. The van der Waals surface area contributed by atoms with E-state index in [1.54, 1.807) is 12.1 Å². The number of hydrogen-bond acceptors (Lipinski definition) is 4. The number of sulfone groups is 1. The minimum Gasteiger partial charge on any atom is -0.377 e. The predicted octanol–water partition coefficient (Wildman–Crippen LogP) is 2.42. The summed E-state index contributed by atoms with van der Waals surface area (Å²) >= 11 is 0. The van der Waals surface area contributed by atoms with Gasteiger partial charge in [0.25, 0.3) is 0 Å². The van der Waals surface area contributed by atoms with Gasteiger partial charge < -0.3 is 10.6 Å². The van der Waals surface area contributed by atoms with E-state index >= 15 is 0 Å². The number of benzene rings is 2. The van der Waals surface area contributed by atoms with E-state index in [0.29, 0.717) is 11.3 Å². The molecule has 0 bridgehead atoms. The summed E-state index contributed by atoms with van der Waals surface area (Å²) in [5.41, 5.74) is 6.69. The van der Waals surface area contributed by atoms with Gasteiger partial charge in [0.05, 0.1) is 10.6 Å². The highest BCUT2D eigenvalue weighted by Crippen LogP contribution is 2.30. The lowest BCUT2D eigenvalue weighted by atomic mass is 10.1. The van der Waals surface area contributed by atoms with Crippen molar-refractivity contribution >= 4 is 26.3 Å². The average Bonchev–Trinajstić information content (AvgIpc) is 2.43. The summed E-state index contributed by atoms with van der Waals surface area (Å²) < 4.78 is 25.1. The first kappa shape index (κ1) is 15.8. The molecule has 0 aromatic heterocycles. The van der Waals surface area contributed by atoms with Crippen LogP contribution in [-0.2, 0) is 9.84 Å². The van der Waals surface area contributed by atoms with Crippen LogP contribution in [0, 0.1) is 0 Å². The van der Waals surface area contributed by atoms with Crippen molar-refractivity contribution in [3.8, 4) is 0 Å². The smallest absolute Gasteiger partial charge is 0.179 e. The van der Waals surface area contributed by atoms with Crippen LogP contribution in [0.5, 0.6) is 0 Å². The Morgan fingerprint density at radius 1 is 1.10 bits per heavy atom. The lowest BCUT2D eigenvalue weighted by molar-refractivity contribution is 0.588. The summed E-state index contributed by atoms with van der Waals surface area (Å²) in [5.74, 6) is 0.0793. The van der Waals surface area contributed by atoms with E-state index in [4.69, 9.17) is 5.73 Å². The molecule has 5 heteroatoms. The molecular formula is C16H22N2O2S. The van der Waals surface area contributed by atoms with E-state index in [-0.39, 0.29) is 11.8 Å². The number of anilines is 1. The van der Waals surface area contributed by atoms with Gasteiger partial charge in [-0.1, -0.05) is 24.3 Å². The molecule has 4 nitrogen and oxygen atoms in total. The minimum atomic E-state index is -3.32. The second kappa shape index (κ2) is 6.03. The number of hydrogen-bond donors (Lipinski definition) is 1. The van der Waals surface area contributed by atoms with Crippen LogP contribution < -0.4 is 10.6 Å². The molecule has 0 aliphatic carbocycles. The van der Waals surface area contributed by atoms with Gasteiger partial charge in [0, 0.05) is 36.6 Å². The van der Waals surface area contributed by atoms with Crippen molar-refractivity contribution in [1.82, 2.24) is 0 Å². The van der Waals surface area contributed by atoms with Crippen LogP contribution in [0.25, 0.3) is 10.8 Å². The molecular weight excluding hydrogens is 284 g/mol. The third-order valence-corrected chi connectivity index (χ3v) is 5.32. The van der Waals surface area contributed by atoms with E-state index in [2.05, 4.69) is 0 Å². The third-order valence-electron chi connectivity index (χ3n) is 3.52. The maximum atomic E-state index is 12.6. The molecule has 0 aliphatic heterocycles. The molecule has 0 heterocycles. The molecule has 0 saturated heterocycles. The molecule has 0 fully saturated rings. The molecule has 0 saturated carbocycles. The van der Waals surface area contributed by atoms with Gasteiger partial charge in [-0.25, -0.2) is 8.42 Å². The highest BCUT2D eigenvalue weighted by atomic mass is 32.2. The lowest BCUT2D eigenvalue weighted by Crippen LogP contribution is -2.20. The zero-order chi connectivity index (χ0) is 15.6. The Labute approximate surface area is 126 Å². The van der Waals surface area contributed by atoms with Gasteiger partial charge in [0.1, 0.15) is 0 Å². The molecule has 0 radical (unpaired) electrons. The monoisotopic (exact) mass is 306 g/mol. The Bertz CT molecular complexity index is 737. The maximum Gasteiger partial charge on any atom is 0.179 e. The molecule has 114 valence electrons. The van der Waals surface area contributed by atoms with E-state index in [9.17, 15) is 8.42 Å². The normalized spacial score (nSPS) is 13.3. The van der Waals surface area contributed by atoms with Crippen molar-refractivity contribution in [3.63, 3.8) is 0 Å². The van der Waals surface area contributed by atoms with E-state index in [1.165, 1.54) is 0 Å². The fourth-order valence-corrected chi connectivity index (χ4v) is 4.08. The standard InChI is InChI=1S/C16H22N2O2S/c1-12(17)10-11-21(19,20)16-9-5-6-13-14(16)7-4-8-15(13)18(2)3/h4-9,12H,10-11,17H2,1-3H3. The van der Waals surface area contributed by atoms with Gasteiger partial charge in [-0.15, -0.1) is 0 Å². The van der Waals surface area contributed by atoms with Gasteiger partial charge in [0.15, 0.2) is 9.84 Å². The molecule has 2 aromatic carbocycles. The van der Waals surface area contributed by atoms with Crippen LogP contribution in [-0.4, -0.2) is 34.3 Å². The van der Waals surface area contributed by atoms with Crippen molar-refractivity contribution < 1.29 is 8.42 Å². The van der Waals surface area contributed by atoms with Gasteiger partial charge in [-0.2, -0.15) is 0 Å². The van der Waals surface area contributed by atoms with Crippen molar-refractivity contribution in [3.05, 3.63) is 36.4 Å². The first-order valence-electron chi connectivity index (χ1n) is 7.00. The third kappa shape index (κ3) is 3.36. The van der Waals surface area contributed by atoms with Crippen molar-refractivity contribution in [1.29, 1.82) is 0 Å². The minimum absolute atomic E-state index is 0.0793. The van der Waals surface area contributed by atoms with Crippen LogP contribution in [0.2, 0.25) is 0 Å². The van der Waals surface area contributed by atoms with Crippen LogP contribution >= 0.6 is 0 Å². The summed E-state index contributed by atoms with van der Waals surface area (Å²) in [6.45, 7) is 1.82. The van der Waals surface area contributed by atoms with Crippen molar-refractivity contribution in [2.75, 3.05) is 24.7 Å². The van der Waals surface area contributed by atoms with E-state index < -0.39 is 9.84 Å². The summed E-state index contributed by atoms with van der Waals surface area (Å²) in [6.07, 6.45) is 0.464. The Morgan fingerprint density at radius 3 is 2.33 bits per heavy atom. The quantitative estimate of drug-likeness (QED) is 0.921. The van der Waals surface area contributed by atoms with E-state index in [0.717, 1.165) is 16.5 Å². The topological polar surface area (TPSA) is 63.4 Å². The second-order valence-electron chi connectivity index (χ2n) is 5.61. The molecule has 0 spiro atoms. The second-order valence-corrected chi connectivity index (χ2v) is 7.69. The molecule has 1 unspecified atom stereocenters. The van der Waals surface area contributed by atoms with Gasteiger partial charge in [-0.3, -0.25) is 0 Å². The number of fused-ring (bicyclic) bond motifs is 1. The predicted molar refractivity (Wildman–Crippen MR) is 88.6 cm³/mol. The number of nitrogens with zero attached hydrogens (tertiary/aromatic N) is 1. The lowest BCUT2D eigenvalue weighted by Gasteiger charge is -2.17. The molecule has 0 amide bonds. The van der Waals surface area contributed by atoms with Crippen molar-refractivity contribution in [2.45, 2.75) is 24.3 Å². The highest BCUT2D eigenvalue weighted by molar-refractivity contribution is 7.91. The molecule has 1 atom stereocenters. The Morgan fingerprint density at radius 2 is 1.71 bits per heavy atom. The van der Waals surface area contributed by atoms with Gasteiger partial charge >= 0.3 is 0 Å². The first-order valence-corrected chi connectivity index (χ1v) is 8.65. The van der Waals surface area contributed by atoms with E-state index in [1.807, 2.05) is 50.2 Å². The zero-order valence-electron chi connectivity index (χ0n) is 12.7. The summed E-state index contributed by atoms with van der Waals surface area (Å²) in [5, 5.41) is 1.72. The molecule has 2 aromatic rings. The van der Waals surface area contributed by atoms with Crippen molar-refractivity contribution in [2.24, 2.45) is 5.73 Å². The molecule has 2 N–H and O–H groups in total. The Balaban J connectivity index is 2.58. The van der Waals surface area contributed by atoms with Crippen LogP contribution in [0.1, 0.15) is 13.3 Å². The zero-order valence-corrected chi connectivity index (χ0v) is 13.5. The Kier molecular flexibility index (Phi) is 4.54. The first-order chi connectivity index (χ1) is 9.83. The largest absolute Gasteiger partial charge is 0.377 e. The van der Waals surface area contributed by atoms with Gasteiger partial charge in [0.2, 0.25) is 0 Å². The summed E-state index contributed by atoms with van der Waals surface area (Å²) in [4.78, 5) is 2.38. The molecule has 21 heavy (non-hydrogen) atoms. The molecule has 2 rings (SSSR count). The average molecular weight is 306 g/mol. The van der Waals surface area contributed by atoms with Crippen LogP contribution in [0.15, 0.2) is 41.3 Å². The highest BCUT2D eigenvalue weighted by Gasteiger charge is 2.19. The van der Waals surface area contributed by atoms with Gasteiger partial charge in [-0.05, 0) is 25.5 Å². The number of nitrogens with two attached hydrogens (primary N) is 1. The summed E-state index contributed by atoms with van der Waals surface area (Å²) in [6, 6.07) is 11.1. The summed E-state index contributed by atoms with van der Waals surface area (Å²) in [7, 11) is 0.578. The fraction of sp³-hybridized carbons (Fsp3) is 0.375. The Hall–Kier alpha value is -1.59. The SMILES string of the molecule is CC(N)CCS(=O)(=O)c1cccc2c(N(C)C)cccc12. The molecule has 0 aliphatic rings. The van der Waals surface area contributed by atoms with Crippen LogP contribution in [0.3, 0.4) is 0 Å².